The van der Waals surface area contributed by atoms with Crippen molar-refractivity contribution in [2.45, 2.75) is 139 Å². The minimum absolute atomic E-state index is 0.00376. The fourth-order valence-electron chi connectivity index (χ4n) is 6.78. The van der Waals surface area contributed by atoms with Crippen LogP contribution in [0.5, 0.6) is 0 Å². The molecule has 0 aromatic carbocycles. The highest BCUT2D eigenvalue weighted by Crippen LogP contribution is 2.38. The Morgan fingerprint density at radius 3 is 2.23 bits per heavy atom. The molecule has 0 spiro atoms. The van der Waals surface area contributed by atoms with Crippen LogP contribution >= 0.6 is 0 Å². The maximum absolute atomic E-state index is 13.0. The standard InChI is InChI=1S/C38H57NO14/c1-6-25-14-11-9-7-8-10-12-16-28(52-37-35(46)33(39-24(4)40)34(45)23(3)51-37)19-30-32(36(47)49-5)29(43)21-38(48,53-30)20-27(42)18-26(41)15-13-17-31(44)50-22(25)2/h7-14,16-17,22-23,25-30,32-35,37,41-43,45-46,48H,6,15,18-21H2,1-5H3,(H,39,40)/b9-7+,10-8+,14-11+,16-12+,17-13+/t22-,23-,25-,26+,27-,28-,29+,30+,32+,33+,34-,35-,37-,38-/m0/s1. The fourth-order valence-corrected chi connectivity index (χ4v) is 6.78. The Morgan fingerprint density at radius 1 is 0.925 bits per heavy atom. The Labute approximate surface area is 310 Å². The van der Waals surface area contributed by atoms with Gasteiger partial charge in [0.2, 0.25) is 5.91 Å². The minimum Gasteiger partial charge on any atom is -0.469 e. The predicted octanol–water partition coefficient (Wildman–Crippen LogP) is 1.01. The second-order valence-corrected chi connectivity index (χ2v) is 13.9. The normalized spacial score (nSPS) is 42.5. The third kappa shape index (κ3) is 13.5. The number of hydrogen-bond acceptors (Lipinski definition) is 14. The monoisotopic (exact) mass is 751 g/mol. The molecule has 0 aromatic rings. The smallest absolute Gasteiger partial charge is 0.330 e. The molecule has 0 aromatic heterocycles. The molecule has 15 nitrogen and oxygen atoms in total. The van der Waals surface area contributed by atoms with E-state index in [0.29, 0.717) is 6.42 Å². The van der Waals surface area contributed by atoms with Gasteiger partial charge in [0.05, 0.1) is 49.8 Å². The highest BCUT2D eigenvalue weighted by atomic mass is 16.7. The summed E-state index contributed by atoms with van der Waals surface area (Å²) in [6.07, 6.45) is 4.34. The molecule has 2 saturated heterocycles. The van der Waals surface area contributed by atoms with Gasteiger partial charge in [0.25, 0.3) is 0 Å². The SMILES string of the molecule is CC[C@H]1/C=C/C=C/C=C/C=C/[C@H](O[C@@H]2O[C@@H](C)[C@H](O)[C@@H](NC(C)=O)[C@@H]2O)C[C@H]2O[C@@](O)(C[C@@H](O)C[C@H](O)C/C=C/C(=O)O[C@H]1C)C[C@@H](O)[C@H]2C(=O)OC. The Morgan fingerprint density at radius 2 is 1.58 bits per heavy atom. The molecule has 3 aliphatic rings. The summed E-state index contributed by atoms with van der Waals surface area (Å²) in [7, 11) is 1.14. The van der Waals surface area contributed by atoms with E-state index in [4.69, 9.17) is 23.7 Å². The molecule has 14 atom stereocenters. The zero-order valence-corrected chi connectivity index (χ0v) is 31.0. The van der Waals surface area contributed by atoms with E-state index < -0.39 is 110 Å². The molecule has 3 rings (SSSR count). The minimum atomic E-state index is -2.16. The Hall–Kier alpha value is -3.25. The third-order valence-corrected chi connectivity index (χ3v) is 9.55. The van der Waals surface area contributed by atoms with E-state index in [1.807, 2.05) is 19.1 Å². The first-order valence-electron chi connectivity index (χ1n) is 18.1. The summed E-state index contributed by atoms with van der Waals surface area (Å²) in [5.41, 5.74) is 0. The van der Waals surface area contributed by atoms with Crippen LogP contribution in [0.4, 0.5) is 0 Å². The van der Waals surface area contributed by atoms with E-state index in [1.165, 1.54) is 19.1 Å². The number of aliphatic hydroxyl groups is 6. The summed E-state index contributed by atoms with van der Waals surface area (Å²) in [5.74, 6) is -5.40. The van der Waals surface area contributed by atoms with Crippen molar-refractivity contribution in [2.24, 2.45) is 11.8 Å². The predicted molar refractivity (Wildman–Crippen MR) is 190 cm³/mol. The molecule has 3 aliphatic heterocycles. The molecule has 7 N–H and O–H groups in total. The van der Waals surface area contributed by atoms with Crippen molar-refractivity contribution in [2.75, 3.05) is 7.11 Å². The van der Waals surface area contributed by atoms with Gasteiger partial charge >= 0.3 is 11.9 Å². The summed E-state index contributed by atoms with van der Waals surface area (Å²) in [4.78, 5) is 37.2. The maximum Gasteiger partial charge on any atom is 0.330 e. The van der Waals surface area contributed by atoms with E-state index >= 15 is 0 Å². The van der Waals surface area contributed by atoms with Crippen LogP contribution in [0.1, 0.15) is 66.2 Å². The highest BCUT2D eigenvalue weighted by Gasteiger charge is 2.51. The van der Waals surface area contributed by atoms with Gasteiger partial charge in [-0.25, -0.2) is 4.79 Å². The first-order valence-corrected chi connectivity index (χ1v) is 18.1. The lowest BCUT2D eigenvalue weighted by molar-refractivity contribution is -0.309. The van der Waals surface area contributed by atoms with Gasteiger partial charge in [-0.15, -0.1) is 0 Å². The van der Waals surface area contributed by atoms with Gasteiger partial charge in [-0.05, 0) is 33.1 Å². The van der Waals surface area contributed by atoms with Crippen molar-refractivity contribution in [3.05, 3.63) is 60.8 Å². The van der Waals surface area contributed by atoms with Crippen LogP contribution in [0, 0.1) is 11.8 Å². The summed E-state index contributed by atoms with van der Waals surface area (Å²) >= 11 is 0. The lowest BCUT2D eigenvalue weighted by atomic mass is 9.82. The second kappa shape index (κ2) is 21.0. The topological polar surface area (TPSA) is 231 Å². The Bertz CT molecular complexity index is 1350. The molecule has 298 valence electrons. The van der Waals surface area contributed by atoms with E-state index in [-0.39, 0.29) is 25.2 Å². The zero-order valence-electron chi connectivity index (χ0n) is 31.0. The van der Waals surface area contributed by atoms with Gasteiger partial charge in [0.1, 0.15) is 24.2 Å². The number of carbonyl (C=O) groups excluding carboxylic acids is 3. The van der Waals surface area contributed by atoms with E-state index in [2.05, 4.69) is 5.32 Å². The highest BCUT2D eigenvalue weighted by molar-refractivity contribution is 5.82. The van der Waals surface area contributed by atoms with E-state index in [0.717, 1.165) is 7.11 Å². The second-order valence-electron chi connectivity index (χ2n) is 13.9. The van der Waals surface area contributed by atoms with Crippen LogP contribution in [0.25, 0.3) is 0 Å². The molecule has 2 fully saturated rings. The maximum atomic E-state index is 13.0. The molecule has 53 heavy (non-hydrogen) atoms. The molecule has 0 radical (unpaired) electrons. The average molecular weight is 752 g/mol. The average Bonchev–Trinajstić information content (AvgIpc) is 3.06. The number of carbonyl (C=O) groups is 3. The van der Waals surface area contributed by atoms with Gasteiger partial charge in [0.15, 0.2) is 12.1 Å². The number of methoxy groups -OCH3 is 1. The number of cyclic esters (lactones) is 1. The van der Waals surface area contributed by atoms with Crippen molar-refractivity contribution in [1.82, 2.24) is 5.32 Å². The quantitative estimate of drug-likeness (QED) is 0.195. The van der Waals surface area contributed by atoms with Gasteiger partial charge in [-0.2, -0.15) is 0 Å². The molecule has 1 amide bonds. The van der Waals surface area contributed by atoms with Crippen LogP contribution < -0.4 is 5.32 Å². The summed E-state index contributed by atoms with van der Waals surface area (Å²) < 4.78 is 28.5. The third-order valence-electron chi connectivity index (χ3n) is 9.55. The number of nitrogens with one attached hydrogen (secondary N) is 1. The molecule has 0 unspecified atom stereocenters. The van der Waals surface area contributed by atoms with Crippen LogP contribution in [0.15, 0.2) is 60.8 Å². The van der Waals surface area contributed by atoms with Crippen molar-refractivity contribution >= 4 is 17.8 Å². The Balaban J connectivity index is 1.98. The van der Waals surface area contributed by atoms with Gasteiger partial charge in [-0.1, -0.05) is 61.6 Å². The number of aliphatic hydroxyl groups excluding tert-OH is 5. The van der Waals surface area contributed by atoms with Crippen molar-refractivity contribution in [3.63, 3.8) is 0 Å². The number of ether oxygens (including phenoxy) is 5. The Kier molecular flexibility index (Phi) is 17.5. The first kappa shape index (κ1) is 44.1. The summed E-state index contributed by atoms with van der Waals surface area (Å²) in [5, 5.41) is 68.4. The van der Waals surface area contributed by atoms with Crippen molar-refractivity contribution in [1.29, 1.82) is 0 Å². The number of rotatable bonds is 5. The largest absolute Gasteiger partial charge is 0.469 e. The van der Waals surface area contributed by atoms with Gasteiger partial charge in [0, 0.05) is 38.2 Å². The molecule has 3 heterocycles. The molecule has 15 heteroatoms. The van der Waals surface area contributed by atoms with Gasteiger partial charge < -0.3 is 59.6 Å². The number of allylic oxidation sites excluding steroid dienone is 6. The van der Waals surface area contributed by atoms with Gasteiger partial charge in [-0.3, -0.25) is 9.59 Å². The summed E-state index contributed by atoms with van der Waals surface area (Å²) in [6.45, 7) is 6.55. The van der Waals surface area contributed by atoms with Crippen molar-refractivity contribution < 1.29 is 68.7 Å². The summed E-state index contributed by atoms with van der Waals surface area (Å²) in [6, 6.07) is -1.13. The fraction of sp³-hybridized carbons (Fsp3) is 0.658. The van der Waals surface area contributed by atoms with E-state index in [9.17, 15) is 45.0 Å². The number of amides is 1. The van der Waals surface area contributed by atoms with Crippen LogP contribution in [0.3, 0.4) is 0 Å². The molecule has 0 aliphatic carbocycles. The lowest BCUT2D eigenvalue weighted by Crippen LogP contribution is -2.64. The van der Waals surface area contributed by atoms with Crippen LogP contribution in [-0.2, 0) is 38.1 Å². The zero-order chi connectivity index (χ0) is 39.3. The molecule has 0 saturated carbocycles. The molecular formula is C38H57NO14. The molecular weight excluding hydrogens is 694 g/mol. The number of fused-ring (bicyclic) bond motifs is 2. The van der Waals surface area contributed by atoms with E-state index in [1.54, 1.807) is 50.3 Å². The first-order chi connectivity index (χ1) is 25.1. The van der Waals surface area contributed by atoms with Crippen LogP contribution in [-0.4, -0.2) is 129 Å². The van der Waals surface area contributed by atoms with Crippen molar-refractivity contribution in [3.8, 4) is 0 Å². The van der Waals surface area contributed by atoms with Crippen LogP contribution in [0.2, 0.25) is 0 Å². The number of esters is 2. The molecule has 2 bridgehead atoms. The number of hydrogen-bond donors (Lipinski definition) is 7. The lowest BCUT2D eigenvalue weighted by Gasteiger charge is -2.45.